The standard InChI is InChI=1S/C32H40ClN3O2/c1-3-4-18-36-31-23-28(38-21-19-35-16-5-6-17-35)12-14-30(31)34-32(36)29-13-11-27(22-24(29)2)37-20-15-25-7-9-26(33)10-8-25/h7-14,22-24,29H,3-6,15-21H2,1-2H3. The molecule has 0 radical (unpaired) electrons. The zero-order valence-electron chi connectivity index (χ0n) is 22.7. The van der Waals surface area contributed by atoms with Crippen molar-refractivity contribution < 1.29 is 9.47 Å². The van der Waals surface area contributed by atoms with Gasteiger partial charge in [0.2, 0.25) is 0 Å². The molecule has 1 aromatic heterocycles. The SMILES string of the molecule is CCCCn1c(C2C=CC(OCCc3ccc(Cl)cc3)=CC2C)nc2ccc(OCCN3CCCC3)cc21. The van der Waals surface area contributed by atoms with Crippen molar-refractivity contribution >= 4 is 22.6 Å². The zero-order valence-corrected chi connectivity index (χ0v) is 23.5. The molecule has 1 fully saturated rings. The number of hydrogen-bond acceptors (Lipinski definition) is 4. The molecule has 6 heteroatoms. The van der Waals surface area contributed by atoms with Gasteiger partial charge in [0.1, 0.15) is 23.9 Å². The lowest BCUT2D eigenvalue weighted by Crippen LogP contribution is -2.25. The first kappa shape index (κ1) is 26.8. The Morgan fingerprint density at radius 3 is 2.58 bits per heavy atom. The Hall–Kier alpha value is -2.76. The lowest BCUT2D eigenvalue weighted by molar-refractivity contribution is 0.223. The van der Waals surface area contributed by atoms with E-state index in [1.54, 1.807) is 0 Å². The van der Waals surface area contributed by atoms with Crippen LogP contribution in [0.15, 0.2) is 66.5 Å². The van der Waals surface area contributed by atoms with E-state index in [2.05, 4.69) is 71.9 Å². The van der Waals surface area contributed by atoms with E-state index in [9.17, 15) is 0 Å². The molecule has 0 saturated carbocycles. The first-order chi connectivity index (χ1) is 18.6. The van der Waals surface area contributed by atoms with Gasteiger partial charge < -0.3 is 14.0 Å². The number of nitrogens with zero attached hydrogens (tertiary/aromatic N) is 3. The van der Waals surface area contributed by atoms with Crippen molar-refractivity contribution in [3.8, 4) is 5.75 Å². The number of ether oxygens (including phenoxy) is 2. The van der Waals surface area contributed by atoms with E-state index >= 15 is 0 Å². The smallest absolute Gasteiger partial charge is 0.121 e. The van der Waals surface area contributed by atoms with E-state index in [1.165, 1.54) is 37.0 Å². The van der Waals surface area contributed by atoms with Crippen LogP contribution in [0.3, 0.4) is 0 Å². The van der Waals surface area contributed by atoms with E-state index in [-0.39, 0.29) is 5.92 Å². The van der Waals surface area contributed by atoms with Gasteiger partial charge in [-0.15, -0.1) is 0 Å². The highest BCUT2D eigenvalue weighted by atomic mass is 35.5. The van der Waals surface area contributed by atoms with E-state index < -0.39 is 0 Å². The summed E-state index contributed by atoms with van der Waals surface area (Å²) in [5.41, 5.74) is 3.43. The summed E-state index contributed by atoms with van der Waals surface area (Å²) < 4.78 is 14.7. The van der Waals surface area contributed by atoms with Crippen molar-refractivity contribution in [3.05, 3.63) is 82.9 Å². The van der Waals surface area contributed by atoms with Gasteiger partial charge in [-0.25, -0.2) is 4.98 Å². The molecule has 38 heavy (non-hydrogen) atoms. The maximum Gasteiger partial charge on any atom is 0.121 e. The first-order valence-electron chi connectivity index (χ1n) is 14.2. The maximum absolute atomic E-state index is 6.17. The number of aromatic nitrogens is 2. The monoisotopic (exact) mass is 533 g/mol. The average Bonchev–Trinajstić information content (AvgIpc) is 3.56. The Kier molecular flexibility index (Phi) is 9.08. The second kappa shape index (κ2) is 12.9. The summed E-state index contributed by atoms with van der Waals surface area (Å²) in [6, 6.07) is 14.3. The summed E-state index contributed by atoms with van der Waals surface area (Å²) in [5.74, 6) is 3.50. The van der Waals surface area contributed by atoms with Gasteiger partial charge in [0.25, 0.3) is 0 Å². The van der Waals surface area contributed by atoms with Crippen molar-refractivity contribution in [2.75, 3.05) is 32.8 Å². The van der Waals surface area contributed by atoms with Gasteiger partial charge >= 0.3 is 0 Å². The predicted octanol–water partition coefficient (Wildman–Crippen LogP) is 7.40. The van der Waals surface area contributed by atoms with Crippen molar-refractivity contribution in [1.82, 2.24) is 14.5 Å². The molecule has 0 N–H and O–H groups in total. The normalized spacial score (nSPS) is 19.7. The van der Waals surface area contributed by atoms with Crippen LogP contribution in [0.25, 0.3) is 11.0 Å². The first-order valence-corrected chi connectivity index (χ1v) is 14.6. The molecule has 5 nitrogen and oxygen atoms in total. The number of halogens is 1. The van der Waals surface area contributed by atoms with Crippen LogP contribution in [0, 0.1) is 5.92 Å². The lowest BCUT2D eigenvalue weighted by atomic mass is 9.88. The summed E-state index contributed by atoms with van der Waals surface area (Å²) in [6.45, 7) is 10.2. The molecule has 1 aliphatic carbocycles. The Labute approximate surface area is 232 Å². The van der Waals surface area contributed by atoms with Crippen LogP contribution in [0.1, 0.15) is 56.8 Å². The Morgan fingerprint density at radius 1 is 1.00 bits per heavy atom. The van der Waals surface area contributed by atoms with Gasteiger partial charge in [-0.3, -0.25) is 4.90 Å². The molecule has 5 rings (SSSR count). The maximum atomic E-state index is 6.17. The molecule has 2 heterocycles. The molecule has 0 spiro atoms. The fourth-order valence-electron chi connectivity index (χ4n) is 5.46. The third kappa shape index (κ3) is 6.62. The predicted molar refractivity (Wildman–Crippen MR) is 156 cm³/mol. The lowest BCUT2D eigenvalue weighted by Gasteiger charge is -2.24. The summed E-state index contributed by atoms with van der Waals surface area (Å²) in [4.78, 5) is 7.61. The number of likely N-dealkylation sites (tertiary alicyclic amines) is 1. The molecule has 3 aromatic rings. The van der Waals surface area contributed by atoms with Crippen molar-refractivity contribution in [3.63, 3.8) is 0 Å². The molecule has 0 bridgehead atoms. The van der Waals surface area contributed by atoms with Gasteiger partial charge in [-0.2, -0.15) is 0 Å². The average molecular weight is 534 g/mol. The number of fused-ring (bicyclic) bond motifs is 1. The largest absolute Gasteiger partial charge is 0.494 e. The van der Waals surface area contributed by atoms with Crippen molar-refractivity contribution in [2.24, 2.45) is 5.92 Å². The number of imidazole rings is 1. The fraction of sp³-hybridized carbons (Fsp3) is 0.469. The van der Waals surface area contributed by atoms with Crippen LogP contribution in [-0.2, 0) is 17.7 Å². The second-order valence-corrected chi connectivity index (χ2v) is 11.0. The number of allylic oxidation sites excluding steroid dienone is 3. The highest BCUT2D eigenvalue weighted by Gasteiger charge is 2.25. The van der Waals surface area contributed by atoms with Gasteiger partial charge in [0.05, 0.1) is 17.6 Å². The molecule has 0 amide bonds. The quantitative estimate of drug-likeness (QED) is 0.243. The number of hydrogen-bond donors (Lipinski definition) is 0. The number of aryl methyl sites for hydroxylation is 1. The second-order valence-electron chi connectivity index (χ2n) is 10.6. The van der Waals surface area contributed by atoms with Gasteiger partial charge in [-0.1, -0.05) is 50.1 Å². The molecule has 202 valence electrons. The van der Waals surface area contributed by atoms with Crippen LogP contribution in [0.2, 0.25) is 5.02 Å². The number of unbranched alkanes of at least 4 members (excludes halogenated alkanes) is 1. The molecule has 2 aromatic carbocycles. The molecule has 2 unspecified atom stereocenters. The van der Waals surface area contributed by atoms with Gasteiger partial charge in [-0.05, 0) is 80.3 Å². The topological polar surface area (TPSA) is 39.5 Å². The van der Waals surface area contributed by atoms with Gasteiger partial charge in [0, 0.05) is 36.5 Å². The van der Waals surface area contributed by atoms with E-state index in [4.69, 9.17) is 26.1 Å². The summed E-state index contributed by atoms with van der Waals surface area (Å²) in [6.07, 6.45) is 12.4. The highest BCUT2D eigenvalue weighted by Crippen LogP contribution is 2.35. The van der Waals surface area contributed by atoms with Gasteiger partial charge in [0.15, 0.2) is 0 Å². The molecular weight excluding hydrogens is 494 g/mol. The Balaban J connectivity index is 1.26. The molecule has 2 aliphatic rings. The molecule has 1 saturated heterocycles. The van der Waals surface area contributed by atoms with E-state index in [1.807, 2.05) is 12.1 Å². The zero-order chi connectivity index (χ0) is 26.3. The number of benzene rings is 2. The van der Waals surface area contributed by atoms with E-state index in [0.29, 0.717) is 12.5 Å². The minimum absolute atomic E-state index is 0.211. The van der Waals surface area contributed by atoms with E-state index in [0.717, 1.165) is 66.8 Å². The molecule has 1 aliphatic heterocycles. The van der Waals surface area contributed by atoms with Crippen LogP contribution in [-0.4, -0.2) is 47.3 Å². The minimum Gasteiger partial charge on any atom is -0.494 e. The Morgan fingerprint density at radius 2 is 1.82 bits per heavy atom. The third-order valence-corrected chi connectivity index (χ3v) is 7.94. The van der Waals surface area contributed by atoms with Crippen molar-refractivity contribution in [2.45, 2.75) is 58.4 Å². The molecule has 2 atom stereocenters. The van der Waals surface area contributed by atoms with Crippen molar-refractivity contribution in [1.29, 1.82) is 0 Å². The fourth-order valence-corrected chi connectivity index (χ4v) is 5.59. The minimum atomic E-state index is 0.211. The summed E-state index contributed by atoms with van der Waals surface area (Å²) >= 11 is 6.00. The third-order valence-electron chi connectivity index (χ3n) is 7.69. The van der Waals surface area contributed by atoms with Crippen LogP contribution < -0.4 is 4.74 Å². The van der Waals surface area contributed by atoms with Crippen LogP contribution >= 0.6 is 11.6 Å². The summed E-state index contributed by atoms with van der Waals surface area (Å²) in [7, 11) is 0. The highest BCUT2D eigenvalue weighted by molar-refractivity contribution is 6.30. The molecular formula is C32H40ClN3O2. The van der Waals surface area contributed by atoms with Crippen LogP contribution in [0.5, 0.6) is 5.75 Å². The number of rotatable bonds is 12. The van der Waals surface area contributed by atoms with Crippen LogP contribution in [0.4, 0.5) is 0 Å². The summed E-state index contributed by atoms with van der Waals surface area (Å²) in [5, 5.41) is 0.763. The Bertz CT molecular complexity index is 1260.